The van der Waals surface area contributed by atoms with E-state index >= 15 is 0 Å². The minimum atomic E-state index is -1.02. The van der Waals surface area contributed by atoms with Crippen LogP contribution in [0.1, 0.15) is 32.6 Å². The SMILES string of the molecule is CC(NC(=O)[C@@]1(C)C(C)C1(Cl)Cl)c1cc(-c2ccccc2)no1. The van der Waals surface area contributed by atoms with Crippen molar-refractivity contribution >= 4 is 29.1 Å². The molecule has 1 aliphatic rings. The number of hydrogen-bond acceptors (Lipinski definition) is 3. The predicted octanol–water partition coefficient (Wildman–Crippen LogP) is 4.35. The molecular formula is C17H18Cl2N2O2. The van der Waals surface area contributed by atoms with E-state index in [9.17, 15) is 4.79 Å². The molecule has 1 aromatic carbocycles. The summed E-state index contributed by atoms with van der Waals surface area (Å²) in [5, 5.41) is 6.97. The van der Waals surface area contributed by atoms with Gasteiger partial charge in [0.15, 0.2) is 5.76 Å². The summed E-state index contributed by atoms with van der Waals surface area (Å²) in [5.74, 6) is 0.309. The number of nitrogens with zero attached hydrogens (tertiary/aromatic N) is 1. The van der Waals surface area contributed by atoms with E-state index in [2.05, 4.69) is 10.5 Å². The number of carbonyl (C=O) groups is 1. The van der Waals surface area contributed by atoms with Crippen molar-refractivity contribution in [1.82, 2.24) is 10.5 Å². The van der Waals surface area contributed by atoms with Crippen LogP contribution in [0.15, 0.2) is 40.9 Å². The smallest absolute Gasteiger partial charge is 0.229 e. The molecule has 23 heavy (non-hydrogen) atoms. The van der Waals surface area contributed by atoms with Gasteiger partial charge in [0.2, 0.25) is 5.91 Å². The second-order valence-electron chi connectivity index (χ2n) is 6.22. The minimum absolute atomic E-state index is 0.0971. The zero-order valence-corrected chi connectivity index (χ0v) is 14.7. The number of alkyl halides is 2. The molecule has 1 amide bonds. The van der Waals surface area contributed by atoms with E-state index in [1.807, 2.05) is 50.2 Å². The maximum Gasteiger partial charge on any atom is 0.229 e. The molecule has 1 fully saturated rings. The van der Waals surface area contributed by atoms with Gasteiger partial charge in [-0.25, -0.2) is 0 Å². The fourth-order valence-electron chi connectivity index (χ4n) is 2.74. The van der Waals surface area contributed by atoms with Crippen molar-refractivity contribution in [2.75, 3.05) is 0 Å². The van der Waals surface area contributed by atoms with Crippen LogP contribution in [-0.2, 0) is 4.79 Å². The van der Waals surface area contributed by atoms with Crippen molar-refractivity contribution in [2.45, 2.75) is 31.1 Å². The second-order valence-corrected chi connectivity index (χ2v) is 7.61. The molecule has 0 spiro atoms. The number of halogens is 2. The van der Waals surface area contributed by atoms with Crippen LogP contribution in [-0.4, -0.2) is 15.4 Å². The van der Waals surface area contributed by atoms with E-state index in [-0.39, 0.29) is 17.9 Å². The zero-order chi connectivity index (χ0) is 16.8. The summed E-state index contributed by atoms with van der Waals surface area (Å²) in [6.45, 7) is 5.48. The first-order valence-corrected chi connectivity index (χ1v) is 8.25. The summed E-state index contributed by atoms with van der Waals surface area (Å²) in [6, 6.07) is 11.2. The topological polar surface area (TPSA) is 55.1 Å². The van der Waals surface area contributed by atoms with Gasteiger partial charge in [0.05, 0.1) is 11.5 Å². The van der Waals surface area contributed by atoms with Gasteiger partial charge in [-0.05, 0) is 13.8 Å². The first-order valence-electron chi connectivity index (χ1n) is 7.49. The van der Waals surface area contributed by atoms with Crippen molar-refractivity contribution in [2.24, 2.45) is 11.3 Å². The molecule has 0 saturated heterocycles. The number of nitrogens with one attached hydrogen (secondary N) is 1. The molecule has 6 heteroatoms. The molecule has 3 atom stereocenters. The first-order chi connectivity index (χ1) is 10.8. The van der Waals surface area contributed by atoms with E-state index in [1.54, 1.807) is 6.92 Å². The summed E-state index contributed by atoms with van der Waals surface area (Å²) in [6.07, 6.45) is 0. The van der Waals surface area contributed by atoms with Gasteiger partial charge in [-0.3, -0.25) is 4.79 Å². The fourth-order valence-corrected chi connectivity index (χ4v) is 3.57. The minimum Gasteiger partial charge on any atom is -0.359 e. The average Bonchev–Trinajstić information content (AvgIpc) is 2.94. The zero-order valence-electron chi connectivity index (χ0n) is 13.1. The third-order valence-electron chi connectivity index (χ3n) is 4.86. The van der Waals surface area contributed by atoms with Gasteiger partial charge < -0.3 is 9.84 Å². The van der Waals surface area contributed by atoms with E-state index in [0.717, 1.165) is 11.3 Å². The lowest BCUT2D eigenvalue weighted by Gasteiger charge is -2.16. The summed E-state index contributed by atoms with van der Waals surface area (Å²) in [7, 11) is 0. The van der Waals surface area contributed by atoms with Crippen LogP contribution in [0.2, 0.25) is 0 Å². The highest BCUT2D eigenvalue weighted by atomic mass is 35.5. The van der Waals surface area contributed by atoms with E-state index in [0.29, 0.717) is 5.76 Å². The summed E-state index contributed by atoms with van der Waals surface area (Å²) in [5.41, 5.74) is 0.910. The summed E-state index contributed by atoms with van der Waals surface area (Å²) in [4.78, 5) is 12.5. The van der Waals surface area contributed by atoms with Crippen molar-refractivity contribution < 1.29 is 9.32 Å². The van der Waals surface area contributed by atoms with Gasteiger partial charge in [0.1, 0.15) is 10.0 Å². The van der Waals surface area contributed by atoms with Crippen LogP contribution in [0, 0.1) is 11.3 Å². The van der Waals surface area contributed by atoms with Gasteiger partial charge >= 0.3 is 0 Å². The van der Waals surface area contributed by atoms with Crippen LogP contribution in [0.3, 0.4) is 0 Å². The van der Waals surface area contributed by atoms with Gasteiger partial charge in [0, 0.05) is 17.5 Å². The van der Waals surface area contributed by atoms with Crippen LogP contribution in [0.4, 0.5) is 0 Å². The third-order valence-corrected chi connectivity index (χ3v) is 6.30. The lowest BCUT2D eigenvalue weighted by atomic mass is 10.1. The first kappa shape index (κ1) is 16.3. The fraction of sp³-hybridized carbons (Fsp3) is 0.412. The molecule has 1 aromatic heterocycles. The normalized spacial score (nSPS) is 26.6. The van der Waals surface area contributed by atoms with Crippen LogP contribution in [0.25, 0.3) is 11.3 Å². The third kappa shape index (κ3) is 2.54. The van der Waals surface area contributed by atoms with Crippen molar-refractivity contribution in [3.05, 3.63) is 42.2 Å². The predicted molar refractivity (Wildman–Crippen MR) is 90.2 cm³/mol. The lowest BCUT2D eigenvalue weighted by Crippen LogP contribution is -2.35. The Bertz CT molecular complexity index is 729. The molecule has 1 saturated carbocycles. The maximum atomic E-state index is 12.5. The monoisotopic (exact) mass is 352 g/mol. The highest BCUT2D eigenvalue weighted by Crippen LogP contribution is 2.68. The standard InChI is InChI=1S/C17H18Cl2N2O2/c1-10(20-15(22)16(3)11(2)17(16,18)19)14-9-13(21-23-14)12-7-5-4-6-8-12/h4-11H,1-3H3,(H,20,22)/t10?,11?,16-/m1/s1. The van der Waals surface area contributed by atoms with Crippen LogP contribution in [0.5, 0.6) is 0 Å². The van der Waals surface area contributed by atoms with E-state index in [1.165, 1.54) is 0 Å². The molecule has 122 valence electrons. The molecule has 0 radical (unpaired) electrons. The van der Waals surface area contributed by atoms with Gasteiger partial charge in [-0.1, -0.05) is 42.4 Å². The summed E-state index contributed by atoms with van der Waals surface area (Å²) < 4.78 is 4.34. The Balaban J connectivity index is 1.72. The van der Waals surface area contributed by atoms with Crippen LogP contribution >= 0.6 is 23.2 Å². The van der Waals surface area contributed by atoms with Crippen molar-refractivity contribution in [3.63, 3.8) is 0 Å². The molecule has 3 rings (SSSR count). The molecule has 2 aromatic rings. The Morgan fingerprint density at radius 1 is 1.35 bits per heavy atom. The Labute approximate surface area is 145 Å². The maximum absolute atomic E-state index is 12.5. The highest BCUT2D eigenvalue weighted by Gasteiger charge is 2.75. The number of rotatable bonds is 4. The average molecular weight is 353 g/mol. The molecule has 1 N–H and O–H groups in total. The number of carbonyl (C=O) groups excluding carboxylic acids is 1. The molecular weight excluding hydrogens is 335 g/mol. The second kappa shape index (κ2) is 5.53. The van der Waals surface area contributed by atoms with E-state index < -0.39 is 9.75 Å². The number of benzene rings is 1. The molecule has 1 aliphatic carbocycles. The molecule has 4 nitrogen and oxygen atoms in total. The number of amides is 1. The molecule has 0 aliphatic heterocycles. The molecule has 1 heterocycles. The van der Waals surface area contributed by atoms with Crippen molar-refractivity contribution in [1.29, 1.82) is 0 Å². The number of hydrogen-bond donors (Lipinski definition) is 1. The van der Waals surface area contributed by atoms with E-state index in [4.69, 9.17) is 27.7 Å². The van der Waals surface area contributed by atoms with Gasteiger partial charge in [0.25, 0.3) is 0 Å². The quantitative estimate of drug-likeness (QED) is 0.832. The summed E-state index contributed by atoms with van der Waals surface area (Å²) >= 11 is 12.4. The van der Waals surface area contributed by atoms with Crippen LogP contribution < -0.4 is 5.32 Å². The Morgan fingerprint density at radius 3 is 2.52 bits per heavy atom. The molecule has 0 bridgehead atoms. The Hall–Kier alpha value is -1.52. The number of aromatic nitrogens is 1. The van der Waals surface area contributed by atoms with Gasteiger partial charge in [-0.15, -0.1) is 23.2 Å². The van der Waals surface area contributed by atoms with Gasteiger partial charge in [-0.2, -0.15) is 0 Å². The Morgan fingerprint density at radius 2 is 1.96 bits per heavy atom. The highest BCUT2D eigenvalue weighted by molar-refractivity contribution is 6.53. The molecule has 2 unspecified atom stereocenters. The Kier molecular flexibility index (Phi) is 3.93. The lowest BCUT2D eigenvalue weighted by molar-refractivity contribution is -0.127. The van der Waals surface area contributed by atoms with Crippen molar-refractivity contribution in [3.8, 4) is 11.3 Å². The largest absolute Gasteiger partial charge is 0.359 e.